The molecule has 1 nitrogen and oxygen atoms in total. The maximum absolute atomic E-state index is 10.6. The maximum atomic E-state index is 10.6. The minimum Gasteiger partial charge on any atom is -0.387 e. The topological polar surface area (TPSA) is 20.2 Å². The van der Waals surface area contributed by atoms with Gasteiger partial charge in [-0.05, 0) is 18.1 Å². The van der Waals surface area contributed by atoms with Crippen LogP contribution in [0.2, 0.25) is 0 Å². The van der Waals surface area contributed by atoms with Crippen LogP contribution in [0.15, 0.2) is 73.3 Å². The number of hydrogen-bond acceptors (Lipinski definition) is 1. The molecule has 92 valence electrons. The molecule has 2 rings (SSSR count). The molecule has 0 amide bonds. The van der Waals surface area contributed by atoms with Crippen LogP contribution in [0.5, 0.6) is 0 Å². The zero-order chi connectivity index (χ0) is 13.0. The number of aliphatic hydroxyl groups is 1. The van der Waals surface area contributed by atoms with Gasteiger partial charge in [-0.2, -0.15) is 0 Å². The van der Waals surface area contributed by atoms with Gasteiger partial charge in [0.25, 0.3) is 0 Å². The average Bonchev–Trinajstić information content (AvgIpc) is 2.47. The molecule has 0 spiro atoms. The van der Waals surface area contributed by atoms with E-state index in [0.717, 1.165) is 11.1 Å². The molecule has 0 aliphatic rings. The minimum atomic E-state index is -0.599. The SMILES string of the molecule is C=C[C@](C)(c1ccccc1)[C@@H](O)c1ccccc1. The van der Waals surface area contributed by atoms with Crippen LogP contribution in [-0.2, 0) is 5.41 Å². The first kappa shape index (κ1) is 12.6. The highest BCUT2D eigenvalue weighted by Crippen LogP contribution is 2.37. The molecule has 0 saturated carbocycles. The molecule has 0 bridgehead atoms. The summed E-state index contributed by atoms with van der Waals surface area (Å²) in [6.07, 6.45) is 1.22. The van der Waals surface area contributed by atoms with Crippen LogP contribution in [0.4, 0.5) is 0 Å². The maximum Gasteiger partial charge on any atom is 0.0918 e. The van der Waals surface area contributed by atoms with Crippen molar-refractivity contribution in [3.8, 4) is 0 Å². The van der Waals surface area contributed by atoms with E-state index < -0.39 is 11.5 Å². The molecule has 0 fully saturated rings. The molecule has 0 aliphatic carbocycles. The summed E-state index contributed by atoms with van der Waals surface area (Å²) in [6.45, 7) is 5.90. The van der Waals surface area contributed by atoms with Gasteiger partial charge in [0.1, 0.15) is 0 Å². The third-order valence-electron chi connectivity index (χ3n) is 3.50. The standard InChI is InChI=1S/C17H18O/c1-3-17(2,15-12-8-5-9-13-15)16(18)14-10-6-4-7-11-14/h3-13,16,18H,1H2,2H3/t16-,17+/m0/s1. The van der Waals surface area contributed by atoms with Gasteiger partial charge >= 0.3 is 0 Å². The second-order valence-corrected chi connectivity index (χ2v) is 4.67. The summed E-state index contributed by atoms with van der Waals surface area (Å²) in [6, 6.07) is 19.7. The summed E-state index contributed by atoms with van der Waals surface area (Å²) in [4.78, 5) is 0. The predicted octanol–water partition coefficient (Wildman–Crippen LogP) is 3.86. The Hall–Kier alpha value is -1.86. The number of hydrogen-bond donors (Lipinski definition) is 1. The molecule has 0 radical (unpaired) electrons. The van der Waals surface area contributed by atoms with E-state index in [4.69, 9.17) is 0 Å². The Morgan fingerprint density at radius 3 is 2.00 bits per heavy atom. The molecule has 2 aromatic carbocycles. The lowest BCUT2D eigenvalue weighted by atomic mass is 9.75. The van der Waals surface area contributed by atoms with Gasteiger partial charge < -0.3 is 5.11 Å². The molecular weight excluding hydrogens is 220 g/mol. The van der Waals surface area contributed by atoms with Crippen molar-refractivity contribution in [2.45, 2.75) is 18.4 Å². The highest BCUT2D eigenvalue weighted by molar-refractivity contribution is 5.35. The van der Waals surface area contributed by atoms with Crippen LogP contribution in [0.25, 0.3) is 0 Å². The van der Waals surface area contributed by atoms with Crippen LogP contribution in [0.3, 0.4) is 0 Å². The van der Waals surface area contributed by atoms with Crippen LogP contribution < -0.4 is 0 Å². The van der Waals surface area contributed by atoms with Crippen molar-refractivity contribution in [2.24, 2.45) is 0 Å². The first-order valence-electron chi connectivity index (χ1n) is 6.10. The second-order valence-electron chi connectivity index (χ2n) is 4.67. The zero-order valence-corrected chi connectivity index (χ0v) is 10.6. The lowest BCUT2D eigenvalue weighted by Gasteiger charge is -2.32. The fraction of sp³-hybridized carbons (Fsp3) is 0.176. The van der Waals surface area contributed by atoms with E-state index in [2.05, 4.69) is 6.58 Å². The Kier molecular flexibility index (Phi) is 3.63. The van der Waals surface area contributed by atoms with Gasteiger partial charge in [-0.3, -0.25) is 0 Å². The lowest BCUT2D eigenvalue weighted by molar-refractivity contribution is 0.116. The van der Waals surface area contributed by atoms with E-state index >= 15 is 0 Å². The van der Waals surface area contributed by atoms with E-state index in [1.807, 2.05) is 73.7 Å². The number of aliphatic hydroxyl groups excluding tert-OH is 1. The summed E-state index contributed by atoms with van der Waals surface area (Å²) in [5.74, 6) is 0. The third-order valence-corrected chi connectivity index (χ3v) is 3.50. The van der Waals surface area contributed by atoms with E-state index in [0.29, 0.717) is 0 Å². The molecule has 1 N–H and O–H groups in total. The Morgan fingerprint density at radius 2 is 1.50 bits per heavy atom. The first-order valence-corrected chi connectivity index (χ1v) is 6.10. The molecule has 2 atom stereocenters. The van der Waals surface area contributed by atoms with Gasteiger partial charge in [0.15, 0.2) is 0 Å². The normalized spacial score (nSPS) is 15.7. The van der Waals surface area contributed by atoms with Crippen molar-refractivity contribution >= 4 is 0 Å². The highest BCUT2D eigenvalue weighted by atomic mass is 16.3. The van der Waals surface area contributed by atoms with E-state index in [9.17, 15) is 5.11 Å². The van der Waals surface area contributed by atoms with Crippen LogP contribution >= 0.6 is 0 Å². The molecule has 0 aliphatic heterocycles. The highest BCUT2D eigenvalue weighted by Gasteiger charge is 2.32. The summed E-state index contributed by atoms with van der Waals surface area (Å²) in [5, 5.41) is 10.6. The van der Waals surface area contributed by atoms with Gasteiger partial charge in [-0.1, -0.05) is 66.7 Å². The fourth-order valence-corrected chi connectivity index (χ4v) is 2.17. The van der Waals surface area contributed by atoms with E-state index in [-0.39, 0.29) is 0 Å². The van der Waals surface area contributed by atoms with Gasteiger partial charge in [0.2, 0.25) is 0 Å². The minimum absolute atomic E-state index is 0.484. The Labute approximate surface area is 108 Å². The quantitative estimate of drug-likeness (QED) is 0.802. The van der Waals surface area contributed by atoms with E-state index in [1.54, 1.807) is 0 Å². The van der Waals surface area contributed by atoms with Gasteiger partial charge in [0.05, 0.1) is 6.10 Å². The smallest absolute Gasteiger partial charge is 0.0918 e. The number of rotatable bonds is 4. The van der Waals surface area contributed by atoms with Gasteiger partial charge in [-0.25, -0.2) is 0 Å². The molecule has 0 saturated heterocycles. The monoisotopic (exact) mass is 238 g/mol. The predicted molar refractivity (Wildman–Crippen MR) is 75.4 cm³/mol. The molecule has 18 heavy (non-hydrogen) atoms. The summed E-state index contributed by atoms with van der Waals surface area (Å²) >= 11 is 0. The van der Waals surface area contributed by atoms with Crippen LogP contribution in [0.1, 0.15) is 24.2 Å². The Morgan fingerprint density at radius 1 is 1.00 bits per heavy atom. The Balaban J connectivity index is 2.42. The van der Waals surface area contributed by atoms with Crippen LogP contribution in [0, 0.1) is 0 Å². The first-order chi connectivity index (χ1) is 8.68. The second kappa shape index (κ2) is 5.19. The van der Waals surface area contributed by atoms with Crippen molar-refractivity contribution in [1.82, 2.24) is 0 Å². The molecular formula is C17H18O. The summed E-state index contributed by atoms with van der Waals surface area (Å²) in [5.41, 5.74) is 1.49. The lowest BCUT2D eigenvalue weighted by Crippen LogP contribution is -2.28. The molecule has 0 aromatic heterocycles. The third kappa shape index (κ3) is 2.22. The largest absolute Gasteiger partial charge is 0.387 e. The van der Waals surface area contributed by atoms with Gasteiger partial charge in [-0.15, -0.1) is 6.58 Å². The van der Waals surface area contributed by atoms with E-state index in [1.165, 1.54) is 0 Å². The molecule has 2 aromatic rings. The van der Waals surface area contributed by atoms with Crippen molar-refractivity contribution < 1.29 is 5.11 Å². The average molecular weight is 238 g/mol. The number of benzene rings is 2. The zero-order valence-electron chi connectivity index (χ0n) is 10.6. The van der Waals surface area contributed by atoms with Crippen molar-refractivity contribution in [3.05, 3.63) is 84.4 Å². The summed E-state index contributed by atoms with van der Waals surface area (Å²) in [7, 11) is 0. The van der Waals surface area contributed by atoms with Crippen LogP contribution in [-0.4, -0.2) is 5.11 Å². The van der Waals surface area contributed by atoms with Gasteiger partial charge in [0, 0.05) is 5.41 Å². The molecule has 0 heterocycles. The summed E-state index contributed by atoms with van der Waals surface area (Å²) < 4.78 is 0. The Bertz CT molecular complexity index is 504. The molecule has 0 unspecified atom stereocenters. The van der Waals surface area contributed by atoms with Crippen molar-refractivity contribution in [3.63, 3.8) is 0 Å². The van der Waals surface area contributed by atoms with Crippen molar-refractivity contribution in [1.29, 1.82) is 0 Å². The fourth-order valence-electron chi connectivity index (χ4n) is 2.17. The molecule has 1 heteroatoms. The van der Waals surface area contributed by atoms with Crippen molar-refractivity contribution in [2.75, 3.05) is 0 Å².